The molecule has 0 bridgehead atoms. The van der Waals surface area contributed by atoms with E-state index >= 15 is 0 Å². The van der Waals surface area contributed by atoms with Gasteiger partial charge in [-0.25, -0.2) is 0 Å². The molecule has 4 nitrogen and oxygen atoms in total. The average Bonchev–Trinajstić information content (AvgIpc) is 2.57. The van der Waals surface area contributed by atoms with E-state index in [0.717, 1.165) is 30.6 Å². The first-order chi connectivity index (χ1) is 11.6. The van der Waals surface area contributed by atoms with E-state index < -0.39 is 0 Å². The number of halogens is 2. The number of ether oxygens (including phenoxy) is 1. The van der Waals surface area contributed by atoms with Crippen LogP contribution in [0.3, 0.4) is 0 Å². The van der Waals surface area contributed by atoms with E-state index in [1.54, 1.807) is 24.3 Å². The van der Waals surface area contributed by atoms with E-state index in [1.165, 1.54) is 0 Å². The molecule has 2 aromatic rings. The van der Waals surface area contributed by atoms with Gasteiger partial charge in [-0.15, -0.1) is 0 Å². The molecular weight excluding hydrogens is 347 g/mol. The van der Waals surface area contributed by atoms with Crippen LogP contribution in [0.4, 0.5) is 5.69 Å². The summed E-state index contributed by atoms with van der Waals surface area (Å²) in [4.78, 5) is 12.4. The van der Waals surface area contributed by atoms with E-state index in [9.17, 15) is 4.79 Å². The van der Waals surface area contributed by atoms with Crippen LogP contribution in [0, 0.1) is 0 Å². The summed E-state index contributed by atoms with van der Waals surface area (Å²) in [5.41, 5.74) is 3.42. The lowest BCUT2D eigenvalue weighted by Crippen LogP contribution is -2.24. The van der Waals surface area contributed by atoms with Gasteiger partial charge in [-0.05, 0) is 61.3 Å². The van der Waals surface area contributed by atoms with E-state index in [2.05, 4.69) is 10.6 Å². The van der Waals surface area contributed by atoms with Crippen LogP contribution in [0.1, 0.15) is 28.4 Å². The lowest BCUT2D eigenvalue weighted by molar-refractivity contribution is 0.102. The zero-order valence-corrected chi connectivity index (χ0v) is 14.8. The Balaban J connectivity index is 1.80. The number of carbonyl (C=O) groups is 1. The summed E-state index contributed by atoms with van der Waals surface area (Å²) in [6.07, 6.45) is 0.900. The zero-order valence-electron chi connectivity index (χ0n) is 13.3. The van der Waals surface area contributed by atoms with Gasteiger partial charge in [0.05, 0.1) is 11.6 Å². The molecule has 0 aromatic heterocycles. The first-order valence-corrected chi connectivity index (χ1v) is 8.59. The fourth-order valence-electron chi connectivity index (χ4n) is 2.76. The molecular formula is C18H18Cl2N2O2. The topological polar surface area (TPSA) is 50.4 Å². The maximum atomic E-state index is 12.4. The van der Waals surface area contributed by atoms with Crippen molar-refractivity contribution in [2.45, 2.75) is 19.9 Å². The Kier molecular flexibility index (Phi) is 5.29. The number of rotatable bonds is 4. The molecule has 1 aliphatic heterocycles. The molecule has 0 saturated carbocycles. The summed E-state index contributed by atoms with van der Waals surface area (Å²) in [6.45, 7) is 4.08. The molecule has 1 heterocycles. The van der Waals surface area contributed by atoms with Crippen LogP contribution in [-0.2, 0) is 13.0 Å². The van der Waals surface area contributed by atoms with Crippen molar-refractivity contribution in [1.29, 1.82) is 0 Å². The third-order valence-electron chi connectivity index (χ3n) is 3.91. The van der Waals surface area contributed by atoms with Crippen molar-refractivity contribution in [2.75, 3.05) is 18.5 Å². The Morgan fingerprint density at radius 2 is 2.08 bits per heavy atom. The van der Waals surface area contributed by atoms with Gasteiger partial charge in [0.15, 0.2) is 0 Å². The molecule has 0 saturated heterocycles. The van der Waals surface area contributed by atoms with E-state index in [4.69, 9.17) is 27.9 Å². The van der Waals surface area contributed by atoms with Crippen LogP contribution in [0.25, 0.3) is 0 Å². The predicted molar refractivity (Wildman–Crippen MR) is 97.4 cm³/mol. The van der Waals surface area contributed by atoms with Crippen molar-refractivity contribution in [3.8, 4) is 5.75 Å². The quantitative estimate of drug-likeness (QED) is 0.850. The molecule has 1 aliphatic rings. The van der Waals surface area contributed by atoms with Gasteiger partial charge < -0.3 is 15.4 Å². The van der Waals surface area contributed by atoms with Crippen molar-refractivity contribution in [1.82, 2.24) is 5.32 Å². The zero-order chi connectivity index (χ0) is 17.1. The molecule has 3 rings (SSSR count). The Morgan fingerprint density at radius 1 is 1.25 bits per heavy atom. The standard InChI is InChI=1S/C18H18Cl2N2O2/c1-2-24-17-4-3-11(8-16(17)20)18(23)22-13-7-12-10-21-6-5-14(12)15(19)9-13/h3-4,7-9,21H,2,5-6,10H2,1H3,(H,22,23). The third kappa shape index (κ3) is 3.66. The average molecular weight is 365 g/mol. The van der Waals surface area contributed by atoms with Crippen molar-refractivity contribution in [3.05, 3.63) is 57.1 Å². The highest BCUT2D eigenvalue weighted by atomic mass is 35.5. The SMILES string of the molecule is CCOc1ccc(C(=O)Nc2cc(Cl)c3c(c2)CNCC3)cc1Cl. The van der Waals surface area contributed by atoms with Crippen molar-refractivity contribution in [3.63, 3.8) is 0 Å². The number of benzene rings is 2. The molecule has 0 atom stereocenters. The summed E-state index contributed by atoms with van der Waals surface area (Å²) < 4.78 is 5.38. The maximum Gasteiger partial charge on any atom is 0.255 e. The van der Waals surface area contributed by atoms with Gasteiger partial charge in [0.1, 0.15) is 5.75 Å². The van der Waals surface area contributed by atoms with Gasteiger partial charge in [-0.2, -0.15) is 0 Å². The van der Waals surface area contributed by atoms with E-state index in [0.29, 0.717) is 33.7 Å². The molecule has 0 spiro atoms. The van der Waals surface area contributed by atoms with Gasteiger partial charge in [0, 0.05) is 22.8 Å². The largest absolute Gasteiger partial charge is 0.492 e. The van der Waals surface area contributed by atoms with Crippen LogP contribution >= 0.6 is 23.2 Å². The Bertz CT molecular complexity index is 778. The van der Waals surface area contributed by atoms with Gasteiger partial charge >= 0.3 is 0 Å². The number of carbonyl (C=O) groups excluding carboxylic acids is 1. The number of nitrogens with one attached hydrogen (secondary N) is 2. The van der Waals surface area contributed by atoms with Crippen LogP contribution in [0.15, 0.2) is 30.3 Å². The van der Waals surface area contributed by atoms with Crippen molar-refractivity contribution in [2.24, 2.45) is 0 Å². The van der Waals surface area contributed by atoms with Crippen LogP contribution < -0.4 is 15.4 Å². The molecule has 0 aliphatic carbocycles. The number of anilines is 1. The smallest absolute Gasteiger partial charge is 0.255 e. The highest BCUT2D eigenvalue weighted by Crippen LogP contribution is 2.29. The molecule has 0 radical (unpaired) electrons. The first-order valence-electron chi connectivity index (χ1n) is 7.84. The number of amides is 1. The van der Waals surface area contributed by atoms with Gasteiger partial charge in [0.2, 0.25) is 0 Å². The normalized spacial score (nSPS) is 13.3. The predicted octanol–water partition coefficient (Wildman–Crippen LogP) is 4.29. The van der Waals surface area contributed by atoms with Gasteiger partial charge in [0.25, 0.3) is 5.91 Å². The second-order valence-corrected chi connectivity index (χ2v) is 6.37. The Labute approximate surface area is 151 Å². The summed E-state index contributed by atoms with van der Waals surface area (Å²) in [7, 11) is 0. The first kappa shape index (κ1) is 17.1. The third-order valence-corrected chi connectivity index (χ3v) is 4.54. The second-order valence-electron chi connectivity index (χ2n) is 5.55. The lowest BCUT2D eigenvalue weighted by Gasteiger charge is -2.19. The summed E-state index contributed by atoms with van der Waals surface area (Å²) in [5.74, 6) is 0.332. The summed E-state index contributed by atoms with van der Waals surface area (Å²) >= 11 is 12.5. The molecule has 126 valence electrons. The van der Waals surface area contributed by atoms with Crippen LogP contribution in [0.5, 0.6) is 5.75 Å². The molecule has 24 heavy (non-hydrogen) atoms. The van der Waals surface area contributed by atoms with Crippen molar-refractivity contribution < 1.29 is 9.53 Å². The Hall–Kier alpha value is -1.75. The maximum absolute atomic E-state index is 12.4. The fourth-order valence-corrected chi connectivity index (χ4v) is 3.33. The minimum atomic E-state index is -0.236. The highest BCUT2D eigenvalue weighted by Gasteiger charge is 2.15. The molecule has 0 unspecified atom stereocenters. The number of fused-ring (bicyclic) bond motifs is 1. The minimum absolute atomic E-state index is 0.236. The van der Waals surface area contributed by atoms with Gasteiger partial charge in [-0.3, -0.25) is 4.79 Å². The molecule has 2 N–H and O–H groups in total. The number of hydrogen-bond donors (Lipinski definition) is 2. The second kappa shape index (κ2) is 7.43. The lowest BCUT2D eigenvalue weighted by atomic mass is 10.00. The minimum Gasteiger partial charge on any atom is -0.492 e. The van der Waals surface area contributed by atoms with Crippen molar-refractivity contribution >= 4 is 34.8 Å². The van der Waals surface area contributed by atoms with Crippen LogP contribution in [0.2, 0.25) is 10.0 Å². The van der Waals surface area contributed by atoms with E-state index in [-0.39, 0.29) is 5.91 Å². The fraction of sp³-hybridized carbons (Fsp3) is 0.278. The van der Waals surface area contributed by atoms with Gasteiger partial charge in [-0.1, -0.05) is 23.2 Å². The highest BCUT2D eigenvalue weighted by molar-refractivity contribution is 6.32. The van der Waals surface area contributed by atoms with Crippen LogP contribution in [-0.4, -0.2) is 19.1 Å². The molecule has 6 heteroatoms. The molecule has 0 fully saturated rings. The van der Waals surface area contributed by atoms with E-state index in [1.807, 2.05) is 13.0 Å². The molecule has 1 amide bonds. The number of hydrogen-bond acceptors (Lipinski definition) is 3. The molecule has 2 aromatic carbocycles. The summed E-state index contributed by atoms with van der Waals surface area (Å²) in [5, 5.41) is 7.28. The Morgan fingerprint density at radius 3 is 2.83 bits per heavy atom. The summed E-state index contributed by atoms with van der Waals surface area (Å²) in [6, 6.07) is 8.74. The monoisotopic (exact) mass is 364 g/mol.